The lowest BCUT2D eigenvalue weighted by Gasteiger charge is -2.35. The molecule has 28 heavy (non-hydrogen) atoms. The number of ether oxygens (including phenoxy) is 1. The van der Waals surface area contributed by atoms with Crippen LogP contribution in [-0.4, -0.2) is 55.8 Å². The Kier molecular flexibility index (Phi) is 6.27. The van der Waals surface area contributed by atoms with Gasteiger partial charge in [-0.15, -0.1) is 0 Å². The molecule has 150 valence electrons. The van der Waals surface area contributed by atoms with E-state index in [2.05, 4.69) is 0 Å². The van der Waals surface area contributed by atoms with E-state index in [1.54, 1.807) is 60.4 Å². The first-order chi connectivity index (χ1) is 13.3. The van der Waals surface area contributed by atoms with E-state index in [0.29, 0.717) is 23.9 Å². The Hall–Kier alpha value is -2.09. The molecular formula is C20H23ClN2O4S. The number of benzene rings is 2. The number of amides is 1. The lowest BCUT2D eigenvalue weighted by molar-refractivity contribution is -0.139. The molecule has 0 aliphatic carbocycles. The van der Waals surface area contributed by atoms with Gasteiger partial charge < -0.3 is 9.64 Å². The minimum atomic E-state index is -3.55. The third-order valence-corrected chi connectivity index (χ3v) is 6.81. The number of rotatable bonds is 5. The molecule has 0 spiro atoms. The van der Waals surface area contributed by atoms with Crippen molar-refractivity contribution >= 4 is 27.5 Å². The molecule has 1 aliphatic heterocycles. The monoisotopic (exact) mass is 422 g/mol. The average molecular weight is 423 g/mol. The minimum absolute atomic E-state index is 0.174. The van der Waals surface area contributed by atoms with Crippen LogP contribution in [0.4, 0.5) is 0 Å². The Morgan fingerprint density at radius 1 is 1.07 bits per heavy atom. The van der Waals surface area contributed by atoms with Crippen molar-refractivity contribution in [1.29, 1.82) is 0 Å². The first-order valence-electron chi connectivity index (χ1n) is 9.05. The van der Waals surface area contributed by atoms with Crippen LogP contribution < -0.4 is 4.74 Å². The van der Waals surface area contributed by atoms with E-state index in [0.717, 1.165) is 5.56 Å². The SMILES string of the molecule is Cc1ccc(S(=O)(=O)N2CCN(C(=O)[C@@H](C)Oc3cccc(Cl)c3)CC2)cc1. The molecule has 1 heterocycles. The summed E-state index contributed by atoms with van der Waals surface area (Å²) >= 11 is 5.94. The van der Waals surface area contributed by atoms with Crippen LogP contribution in [0.2, 0.25) is 5.02 Å². The lowest BCUT2D eigenvalue weighted by Crippen LogP contribution is -2.53. The number of nitrogens with zero attached hydrogens (tertiary/aromatic N) is 2. The van der Waals surface area contributed by atoms with Crippen molar-refractivity contribution in [1.82, 2.24) is 9.21 Å². The number of aryl methyl sites for hydroxylation is 1. The van der Waals surface area contributed by atoms with Crippen molar-refractivity contribution in [3.05, 3.63) is 59.1 Å². The summed E-state index contributed by atoms with van der Waals surface area (Å²) in [7, 11) is -3.55. The Morgan fingerprint density at radius 3 is 2.32 bits per heavy atom. The zero-order valence-electron chi connectivity index (χ0n) is 15.8. The maximum Gasteiger partial charge on any atom is 0.263 e. The molecule has 2 aromatic rings. The van der Waals surface area contributed by atoms with Crippen LogP contribution in [0, 0.1) is 6.92 Å². The largest absolute Gasteiger partial charge is 0.481 e. The molecule has 0 aromatic heterocycles. The van der Waals surface area contributed by atoms with Crippen LogP contribution >= 0.6 is 11.6 Å². The molecule has 1 amide bonds. The number of hydrogen-bond acceptors (Lipinski definition) is 4. The van der Waals surface area contributed by atoms with Gasteiger partial charge in [0.25, 0.3) is 5.91 Å². The number of carbonyl (C=O) groups is 1. The fraction of sp³-hybridized carbons (Fsp3) is 0.350. The molecule has 3 rings (SSSR count). The van der Waals surface area contributed by atoms with Gasteiger partial charge in [0.05, 0.1) is 4.90 Å². The van der Waals surface area contributed by atoms with Gasteiger partial charge in [-0.25, -0.2) is 8.42 Å². The van der Waals surface area contributed by atoms with E-state index in [-0.39, 0.29) is 23.9 Å². The van der Waals surface area contributed by atoms with E-state index < -0.39 is 16.1 Å². The fourth-order valence-corrected chi connectivity index (χ4v) is 4.66. The van der Waals surface area contributed by atoms with Gasteiger partial charge >= 0.3 is 0 Å². The van der Waals surface area contributed by atoms with Crippen LogP contribution in [0.1, 0.15) is 12.5 Å². The quantitative estimate of drug-likeness (QED) is 0.743. The zero-order chi connectivity index (χ0) is 20.3. The van der Waals surface area contributed by atoms with Crippen LogP contribution in [-0.2, 0) is 14.8 Å². The van der Waals surface area contributed by atoms with Crippen molar-refractivity contribution < 1.29 is 17.9 Å². The zero-order valence-corrected chi connectivity index (χ0v) is 17.4. The van der Waals surface area contributed by atoms with Crippen LogP contribution in [0.25, 0.3) is 0 Å². The Balaban J connectivity index is 1.59. The molecule has 1 atom stereocenters. The maximum atomic E-state index is 12.8. The van der Waals surface area contributed by atoms with Gasteiger partial charge in [0.2, 0.25) is 10.0 Å². The Labute approximate surface area is 170 Å². The Bertz CT molecular complexity index is 939. The molecule has 2 aromatic carbocycles. The minimum Gasteiger partial charge on any atom is -0.481 e. The van der Waals surface area contributed by atoms with Crippen molar-refractivity contribution in [2.75, 3.05) is 26.2 Å². The maximum absolute atomic E-state index is 12.8. The van der Waals surface area contributed by atoms with E-state index in [4.69, 9.17) is 16.3 Å². The highest BCUT2D eigenvalue weighted by molar-refractivity contribution is 7.89. The molecule has 0 N–H and O–H groups in total. The second-order valence-electron chi connectivity index (χ2n) is 6.76. The molecular weight excluding hydrogens is 400 g/mol. The molecule has 0 unspecified atom stereocenters. The summed E-state index contributed by atoms with van der Waals surface area (Å²) in [4.78, 5) is 14.6. The number of hydrogen-bond donors (Lipinski definition) is 0. The standard InChI is InChI=1S/C20H23ClN2O4S/c1-15-6-8-19(9-7-15)28(25,26)23-12-10-22(11-13-23)20(24)16(2)27-18-5-3-4-17(21)14-18/h3-9,14,16H,10-13H2,1-2H3/t16-/m1/s1. The highest BCUT2D eigenvalue weighted by Crippen LogP contribution is 2.21. The summed E-state index contributed by atoms with van der Waals surface area (Å²) < 4.78 is 32.6. The molecule has 0 saturated carbocycles. The molecule has 1 aliphatic rings. The summed E-state index contributed by atoms with van der Waals surface area (Å²) in [5.74, 6) is 0.348. The van der Waals surface area contributed by atoms with E-state index >= 15 is 0 Å². The average Bonchev–Trinajstić information content (AvgIpc) is 2.68. The lowest BCUT2D eigenvalue weighted by atomic mass is 10.2. The van der Waals surface area contributed by atoms with E-state index in [9.17, 15) is 13.2 Å². The van der Waals surface area contributed by atoms with Gasteiger partial charge in [0.15, 0.2) is 6.10 Å². The van der Waals surface area contributed by atoms with Crippen molar-refractivity contribution in [2.45, 2.75) is 24.8 Å². The van der Waals surface area contributed by atoms with Gasteiger partial charge in [-0.05, 0) is 44.2 Å². The first kappa shape index (κ1) is 20.6. The van der Waals surface area contributed by atoms with Crippen molar-refractivity contribution in [3.8, 4) is 5.75 Å². The summed E-state index contributed by atoms with van der Waals surface area (Å²) in [6.45, 7) is 4.75. The fourth-order valence-electron chi connectivity index (χ4n) is 3.06. The second-order valence-corrected chi connectivity index (χ2v) is 9.13. The van der Waals surface area contributed by atoms with Gasteiger partial charge in [-0.1, -0.05) is 35.4 Å². The van der Waals surface area contributed by atoms with E-state index in [1.807, 2.05) is 6.92 Å². The predicted octanol–water partition coefficient (Wildman–Crippen LogP) is 2.95. The third kappa shape index (κ3) is 4.66. The first-order valence-corrected chi connectivity index (χ1v) is 10.9. The highest BCUT2D eigenvalue weighted by Gasteiger charge is 2.32. The molecule has 1 fully saturated rings. The van der Waals surface area contributed by atoms with Gasteiger partial charge in [0, 0.05) is 31.2 Å². The van der Waals surface area contributed by atoms with Crippen molar-refractivity contribution in [3.63, 3.8) is 0 Å². The molecule has 1 saturated heterocycles. The van der Waals surface area contributed by atoms with Crippen LogP contribution in [0.5, 0.6) is 5.75 Å². The van der Waals surface area contributed by atoms with Crippen LogP contribution in [0.15, 0.2) is 53.4 Å². The van der Waals surface area contributed by atoms with Gasteiger partial charge in [0.1, 0.15) is 5.75 Å². The molecule has 6 nitrogen and oxygen atoms in total. The molecule has 8 heteroatoms. The van der Waals surface area contributed by atoms with Crippen LogP contribution in [0.3, 0.4) is 0 Å². The smallest absolute Gasteiger partial charge is 0.263 e. The van der Waals surface area contributed by atoms with Gasteiger partial charge in [-0.3, -0.25) is 4.79 Å². The summed E-state index contributed by atoms with van der Waals surface area (Å²) in [6.07, 6.45) is -0.682. The predicted molar refractivity (Wildman–Crippen MR) is 108 cm³/mol. The van der Waals surface area contributed by atoms with Gasteiger partial charge in [-0.2, -0.15) is 4.31 Å². The summed E-state index contributed by atoms with van der Waals surface area (Å²) in [5.41, 5.74) is 1.00. The molecule has 0 bridgehead atoms. The summed E-state index contributed by atoms with van der Waals surface area (Å²) in [5, 5.41) is 0.534. The summed E-state index contributed by atoms with van der Waals surface area (Å²) in [6, 6.07) is 13.7. The normalized spacial score (nSPS) is 16.6. The number of piperazine rings is 1. The highest BCUT2D eigenvalue weighted by atomic mass is 35.5. The Morgan fingerprint density at radius 2 is 1.71 bits per heavy atom. The van der Waals surface area contributed by atoms with E-state index in [1.165, 1.54) is 4.31 Å². The number of sulfonamides is 1. The number of halogens is 1. The topological polar surface area (TPSA) is 66.9 Å². The van der Waals surface area contributed by atoms with Crippen molar-refractivity contribution in [2.24, 2.45) is 0 Å². The molecule has 0 radical (unpaired) electrons. The number of carbonyl (C=O) groups excluding carboxylic acids is 1. The third-order valence-electron chi connectivity index (χ3n) is 4.67. The second kappa shape index (κ2) is 8.51.